The molecule has 1 fully saturated rings. The molecule has 1 aliphatic carbocycles. The Balaban J connectivity index is 1.48. The standard InChI is InChI=1S/C18H23F2N5OS/c19-14-8-7-13(10-15(14)20)22-17(26)11-27-18-24-23-16(25(18)21)9-6-12-4-2-1-3-5-12/h7-8,10,12H,1-6,9,11,21H2,(H,22,26). The summed E-state index contributed by atoms with van der Waals surface area (Å²) in [5.41, 5.74) is 0.196. The van der Waals surface area contributed by atoms with Crippen LogP contribution >= 0.6 is 11.8 Å². The van der Waals surface area contributed by atoms with Gasteiger partial charge in [-0.15, -0.1) is 10.2 Å². The lowest BCUT2D eigenvalue weighted by atomic mass is 9.86. The van der Waals surface area contributed by atoms with Gasteiger partial charge in [-0.25, -0.2) is 13.5 Å². The smallest absolute Gasteiger partial charge is 0.234 e. The Morgan fingerprint density at radius 3 is 2.74 bits per heavy atom. The molecule has 0 unspecified atom stereocenters. The van der Waals surface area contributed by atoms with E-state index >= 15 is 0 Å². The summed E-state index contributed by atoms with van der Waals surface area (Å²) < 4.78 is 27.5. The van der Waals surface area contributed by atoms with E-state index in [1.165, 1.54) is 42.8 Å². The van der Waals surface area contributed by atoms with E-state index in [0.29, 0.717) is 11.0 Å². The Morgan fingerprint density at radius 1 is 1.22 bits per heavy atom. The number of nitrogens with two attached hydrogens (primary N) is 1. The maximum Gasteiger partial charge on any atom is 0.234 e. The zero-order valence-electron chi connectivity index (χ0n) is 15.0. The van der Waals surface area contributed by atoms with Gasteiger partial charge in [-0.3, -0.25) is 4.79 Å². The second-order valence-electron chi connectivity index (χ2n) is 6.78. The van der Waals surface area contributed by atoms with Crippen LogP contribution < -0.4 is 11.2 Å². The summed E-state index contributed by atoms with van der Waals surface area (Å²) in [4.78, 5) is 12.0. The van der Waals surface area contributed by atoms with Crippen molar-refractivity contribution in [2.75, 3.05) is 16.9 Å². The lowest BCUT2D eigenvalue weighted by Gasteiger charge is -2.20. The zero-order valence-corrected chi connectivity index (χ0v) is 15.8. The molecule has 2 aromatic rings. The van der Waals surface area contributed by atoms with Crippen LogP contribution in [-0.2, 0) is 11.2 Å². The Bertz CT molecular complexity index is 792. The molecule has 1 heterocycles. The first kappa shape index (κ1) is 19.6. The monoisotopic (exact) mass is 395 g/mol. The van der Waals surface area contributed by atoms with Crippen LogP contribution in [0.3, 0.4) is 0 Å². The predicted molar refractivity (Wildman–Crippen MR) is 101 cm³/mol. The minimum absolute atomic E-state index is 0.0386. The highest BCUT2D eigenvalue weighted by Crippen LogP contribution is 2.27. The number of benzene rings is 1. The van der Waals surface area contributed by atoms with Crippen molar-refractivity contribution in [3.8, 4) is 0 Å². The van der Waals surface area contributed by atoms with Crippen LogP contribution in [0.4, 0.5) is 14.5 Å². The number of nitrogens with zero attached hydrogens (tertiary/aromatic N) is 3. The van der Waals surface area contributed by atoms with E-state index in [0.717, 1.165) is 42.7 Å². The number of hydrogen-bond donors (Lipinski definition) is 2. The first-order valence-electron chi connectivity index (χ1n) is 9.10. The molecule has 27 heavy (non-hydrogen) atoms. The molecule has 0 bridgehead atoms. The van der Waals surface area contributed by atoms with Gasteiger partial charge in [0.1, 0.15) is 0 Å². The van der Waals surface area contributed by atoms with Gasteiger partial charge in [0, 0.05) is 18.2 Å². The van der Waals surface area contributed by atoms with Gasteiger partial charge in [0.25, 0.3) is 0 Å². The van der Waals surface area contributed by atoms with Gasteiger partial charge >= 0.3 is 0 Å². The van der Waals surface area contributed by atoms with Crippen molar-refractivity contribution in [1.82, 2.24) is 14.9 Å². The quantitative estimate of drug-likeness (QED) is 0.553. The maximum absolute atomic E-state index is 13.2. The third-order valence-electron chi connectivity index (χ3n) is 4.77. The molecule has 3 N–H and O–H groups in total. The van der Waals surface area contributed by atoms with Gasteiger partial charge in [-0.1, -0.05) is 43.9 Å². The third-order valence-corrected chi connectivity index (χ3v) is 5.71. The molecule has 0 aliphatic heterocycles. The number of anilines is 1. The highest BCUT2D eigenvalue weighted by molar-refractivity contribution is 7.99. The summed E-state index contributed by atoms with van der Waals surface area (Å²) in [5, 5.41) is 11.1. The lowest BCUT2D eigenvalue weighted by molar-refractivity contribution is -0.113. The van der Waals surface area contributed by atoms with Crippen molar-refractivity contribution in [3.05, 3.63) is 35.7 Å². The summed E-state index contributed by atoms with van der Waals surface area (Å²) >= 11 is 1.15. The molecular weight excluding hydrogens is 372 g/mol. The van der Waals surface area contributed by atoms with E-state index in [1.807, 2.05) is 0 Å². The second-order valence-corrected chi connectivity index (χ2v) is 7.72. The Kier molecular flexibility index (Phi) is 6.65. The molecule has 0 radical (unpaired) electrons. The van der Waals surface area contributed by atoms with E-state index in [-0.39, 0.29) is 17.3 Å². The van der Waals surface area contributed by atoms with E-state index in [2.05, 4.69) is 15.5 Å². The van der Waals surface area contributed by atoms with Gasteiger partial charge in [0.05, 0.1) is 5.75 Å². The summed E-state index contributed by atoms with van der Waals surface area (Å²) in [7, 11) is 0. The van der Waals surface area contributed by atoms with Crippen LogP contribution in [0.1, 0.15) is 44.3 Å². The van der Waals surface area contributed by atoms with E-state index < -0.39 is 11.6 Å². The molecule has 1 aliphatic rings. The molecule has 0 atom stereocenters. The lowest BCUT2D eigenvalue weighted by Crippen LogP contribution is -2.18. The van der Waals surface area contributed by atoms with Crippen LogP contribution in [0.15, 0.2) is 23.4 Å². The van der Waals surface area contributed by atoms with Crippen molar-refractivity contribution in [3.63, 3.8) is 0 Å². The number of amides is 1. The van der Waals surface area contributed by atoms with Crippen molar-refractivity contribution >= 4 is 23.4 Å². The van der Waals surface area contributed by atoms with Gasteiger partial charge in [0.15, 0.2) is 17.5 Å². The fraction of sp³-hybridized carbons (Fsp3) is 0.500. The molecule has 1 aromatic heterocycles. The number of thioether (sulfide) groups is 1. The fourth-order valence-corrected chi connectivity index (χ4v) is 3.96. The summed E-state index contributed by atoms with van der Waals surface area (Å²) in [6.07, 6.45) is 8.29. The van der Waals surface area contributed by atoms with Gasteiger partial charge < -0.3 is 11.2 Å². The van der Waals surface area contributed by atoms with Crippen LogP contribution in [0.5, 0.6) is 0 Å². The molecule has 9 heteroatoms. The molecule has 0 saturated heterocycles. The molecule has 3 rings (SSSR count). The minimum atomic E-state index is -1.01. The zero-order chi connectivity index (χ0) is 19.2. The van der Waals surface area contributed by atoms with Gasteiger partial charge in [-0.05, 0) is 24.5 Å². The van der Waals surface area contributed by atoms with Gasteiger partial charge in [0.2, 0.25) is 11.1 Å². The number of carbonyl (C=O) groups excluding carboxylic acids is 1. The van der Waals surface area contributed by atoms with Crippen molar-refractivity contribution in [1.29, 1.82) is 0 Å². The van der Waals surface area contributed by atoms with Crippen molar-refractivity contribution < 1.29 is 13.6 Å². The molecule has 1 aromatic carbocycles. The summed E-state index contributed by atoms with van der Waals surface area (Å²) in [6.45, 7) is 0. The number of carbonyl (C=O) groups is 1. The fourth-order valence-electron chi connectivity index (χ4n) is 3.29. The second kappa shape index (κ2) is 9.16. The van der Waals surface area contributed by atoms with Crippen molar-refractivity contribution in [2.24, 2.45) is 5.92 Å². The Hall–Kier alpha value is -2.16. The largest absolute Gasteiger partial charge is 0.336 e. The number of halogens is 2. The summed E-state index contributed by atoms with van der Waals surface area (Å²) in [6, 6.07) is 3.20. The highest BCUT2D eigenvalue weighted by Gasteiger charge is 2.17. The Labute approximate surface area is 160 Å². The number of nitrogen functional groups attached to an aromatic ring is 1. The minimum Gasteiger partial charge on any atom is -0.336 e. The van der Waals surface area contributed by atoms with Gasteiger partial charge in [-0.2, -0.15) is 0 Å². The first-order chi connectivity index (χ1) is 13.0. The molecule has 146 valence electrons. The van der Waals surface area contributed by atoms with Crippen molar-refractivity contribution in [2.45, 2.75) is 50.1 Å². The summed E-state index contributed by atoms with van der Waals surface area (Å²) in [5.74, 6) is 5.19. The van der Waals surface area contributed by atoms with Crippen LogP contribution in [0, 0.1) is 17.6 Å². The third kappa shape index (κ3) is 5.41. The van der Waals surface area contributed by atoms with Crippen LogP contribution in [0.2, 0.25) is 0 Å². The maximum atomic E-state index is 13.2. The van der Waals surface area contributed by atoms with E-state index in [4.69, 9.17) is 5.84 Å². The molecular formula is C18H23F2N5OS. The number of aryl methyl sites for hydroxylation is 1. The highest BCUT2D eigenvalue weighted by atomic mass is 32.2. The first-order valence-corrected chi connectivity index (χ1v) is 10.1. The predicted octanol–water partition coefficient (Wildman–Crippen LogP) is 3.51. The Morgan fingerprint density at radius 2 is 2.00 bits per heavy atom. The number of rotatable bonds is 7. The number of hydrogen-bond acceptors (Lipinski definition) is 5. The molecule has 1 amide bonds. The average molecular weight is 395 g/mol. The SMILES string of the molecule is Nn1c(CCC2CCCCC2)nnc1SCC(=O)Nc1ccc(F)c(F)c1. The topological polar surface area (TPSA) is 85.8 Å². The van der Waals surface area contributed by atoms with Crippen LogP contribution in [0.25, 0.3) is 0 Å². The van der Waals surface area contributed by atoms with E-state index in [1.54, 1.807) is 0 Å². The average Bonchev–Trinajstić information content (AvgIpc) is 3.02. The number of aromatic nitrogens is 3. The number of nitrogens with one attached hydrogen (secondary N) is 1. The van der Waals surface area contributed by atoms with Crippen LogP contribution in [-0.4, -0.2) is 26.5 Å². The molecule has 0 spiro atoms. The van der Waals surface area contributed by atoms with E-state index in [9.17, 15) is 13.6 Å². The molecule has 1 saturated carbocycles. The molecule has 6 nitrogen and oxygen atoms in total. The normalized spacial score (nSPS) is 15.0.